The van der Waals surface area contributed by atoms with Gasteiger partial charge in [0.25, 0.3) is 0 Å². The summed E-state index contributed by atoms with van der Waals surface area (Å²) in [6.45, 7) is 9.65. The summed E-state index contributed by atoms with van der Waals surface area (Å²) in [5.41, 5.74) is 0. The molecule has 1 rings (SSSR count). The number of hydrogen-bond donors (Lipinski definition) is 2. The lowest BCUT2D eigenvalue weighted by atomic mass is 10.1. The summed E-state index contributed by atoms with van der Waals surface area (Å²) in [5, 5.41) is 6.31. The normalized spacial score (nSPS) is 24.0. The Balaban J connectivity index is 2.27. The highest BCUT2D eigenvalue weighted by Crippen LogP contribution is 2.23. The van der Waals surface area contributed by atoms with Crippen LogP contribution in [0.1, 0.15) is 40.5 Å². The second-order valence-electron chi connectivity index (χ2n) is 5.48. The van der Waals surface area contributed by atoms with Gasteiger partial charge in [-0.25, -0.2) is 0 Å². The summed E-state index contributed by atoms with van der Waals surface area (Å²) in [5.74, 6) is 1.21. The van der Waals surface area contributed by atoms with Crippen molar-refractivity contribution in [3.63, 3.8) is 0 Å². The molecular formula is C12H24N2OS. The quantitative estimate of drug-likeness (QED) is 0.792. The fourth-order valence-corrected chi connectivity index (χ4v) is 2.54. The average molecular weight is 244 g/mol. The first-order valence-electron chi connectivity index (χ1n) is 6.06. The summed E-state index contributed by atoms with van der Waals surface area (Å²) in [6.07, 6.45) is 2.05. The smallest absolute Gasteiger partial charge is 0.237 e. The van der Waals surface area contributed by atoms with Crippen molar-refractivity contribution in [3.05, 3.63) is 0 Å². The molecule has 16 heavy (non-hydrogen) atoms. The topological polar surface area (TPSA) is 41.1 Å². The van der Waals surface area contributed by atoms with E-state index in [0.29, 0.717) is 10.8 Å². The Hall–Kier alpha value is -0.220. The van der Waals surface area contributed by atoms with Crippen LogP contribution in [0.15, 0.2) is 0 Å². The van der Waals surface area contributed by atoms with Crippen molar-refractivity contribution in [3.8, 4) is 0 Å². The van der Waals surface area contributed by atoms with Crippen LogP contribution >= 0.6 is 11.8 Å². The molecule has 0 saturated carbocycles. The molecule has 1 aliphatic rings. The van der Waals surface area contributed by atoms with Gasteiger partial charge in [-0.1, -0.05) is 20.8 Å². The molecule has 4 heteroatoms. The average Bonchev–Trinajstić information content (AvgIpc) is 2.18. The monoisotopic (exact) mass is 244 g/mol. The molecular weight excluding hydrogens is 220 g/mol. The van der Waals surface area contributed by atoms with E-state index in [0.717, 1.165) is 25.1 Å². The van der Waals surface area contributed by atoms with E-state index in [1.54, 1.807) is 0 Å². The highest BCUT2D eigenvalue weighted by Gasteiger charge is 2.23. The van der Waals surface area contributed by atoms with Gasteiger partial charge >= 0.3 is 0 Å². The van der Waals surface area contributed by atoms with E-state index in [-0.39, 0.29) is 11.9 Å². The van der Waals surface area contributed by atoms with Crippen LogP contribution in [0.5, 0.6) is 0 Å². The molecule has 94 valence electrons. The molecule has 0 radical (unpaired) electrons. The summed E-state index contributed by atoms with van der Waals surface area (Å²) in [4.78, 5) is 11.6. The fraction of sp³-hybridized carbons (Fsp3) is 0.917. The first-order chi connectivity index (χ1) is 7.38. The Kier molecular flexibility index (Phi) is 5.12. The van der Waals surface area contributed by atoms with Crippen LogP contribution in [0.3, 0.4) is 0 Å². The van der Waals surface area contributed by atoms with E-state index in [9.17, 15) is 4.79 Å². The Morgan fingerprint density at radius 1 is 1.56 bits per heavy atom. The third-order valence-electron chi connectivity index (χ3n) is 2.54. The van der Waals surface area contributed by atoms with Gasteiger partial charge in [0.1, 0.15) is 0 Å². The number of nitrogens with one attached hydrogen (secondary N) is 2. The van der Waals surface area contributed by atoms with Crippen molar-refractivity contribution in [1.82, 2.24) is 10.6 Å². The van der Waals surface area contributed by atoms with Crippen LogP contribution in [-0.2, 0) is 4.79 Å². The number of rotatable bonds is 4. The predicted octanol–water partition coefficient (Wildman–Crippen LogP) is 1.77. The fourth-order valence-electron chi connectivity index (χ4n) is 1.70. The number of amides is 1. The van der Waals surface area contributed by atoms with Crippen molar-refractivity contribution in [2.45, 2.75) is 57.4 Å². The molecule has 0 aromatic heterocycles. The molecule has 0 aromatic carbocycles. The molecule has 0 aliphatic carbocycles. The number of thioether (sulfide) groups is 1. The summed E-state index contributed by atoms with van der Waals surface area (Å²) in [6, 6.07) is 0.405. The van der Waals surface area contributed by atoms with Crippen LogP contribution in [0.25, 0.3) is 0 Å². The number of piperidine rings is 1. The second kappa shape index (κ2) is 5.92. The minimum absolute atomic E-state index is 0.0179. The molecule has 1 heterocycles. The molecule has 2 atom stereocenters. The van der Waals surface area contributed by atoms with Crippen molar-refractivity contribution >= 4 is 17.7 Å². The Morgan fingerprint density at radius 3 is 2.81 bits per heavy atom. The summed E-state index contributed by atoms with van der Waals surface area (Å²) >= 11 is 1.94. The lowest BCUT2D eigenvalue weighted by Crippen LogP contribution is -2.51. The predicted molar refractivity (Wildman–Crippen MR) is 70.8 cm³/mol. The first kappa shape index (κ1) is 13.8. The lowest BCUT2D eigenvalue weighted by molar-refractivity contribution is -0.124. The van der Waals surface area contributed by atoms with Gasteiger partial charge in [0.2, 0.25) is 5.91 Å². The number of hydrogen-bond acceptors (Lipinski definition) is 3. The molecule has 0 spiro atoms. The number of carbonyl (C=O) groups is 1. The van der Waals surface area contributed by atoms with Gasteiger partial charge in [0.05, 0.1) is 6.04 Å². The molecule has 1 amide bonds. The van der Waals surface area contributed by atoms with E-state index in [1.165, 1.54) is 0 Å². The standard InChI is InChI=1S/C12H24N2OS/c1-9(8-16-12(2,3)4)14-10-6-5-7-13-11(10)15/h9-10,14H,5-8H2,1-4H3,(H,13,15)/t9-,10+/m1/s1. The van der Waals surface area contributed by atoms with Crippen LogP contribution in [-0.4, -0.2) is 35.0 Å². The van der Waals surface area contributed by atoms with Crippen molar-refractivity contribution in [1.29, 1.82) is 0 Å². The highest BCUT2D eigenvalue weighted by atomic mass is 32.2. The van der Waals surface area contributed by atoms with Gasteiger partial charge in [0, 0.05) is 23.1 Å². The molecule has 0 bridgehead atoms. The second-order valence-corrected chi connectivity index (χ2v) is 7.32. The van der Waals surface area contributed by atoms with Gasteiger partial charge < -0.3 is 10.6 Å². The summed E-state index contributed by atoms with van der Waals surface area (Å²) < 4.78 is 0.296. The third kappa shape index (κ3) is 5.21. The third-order valence-corrected chi connectivity index (χ3v) is 4.07. The summed E-state index contributed by atoms with van der Waals surface area (Å²) in [7, 11) is 0. The van der Waals surface area contributed by atoms with Crippen LogP contribution < -0.4 is 10.6 Å². The van der Waals surface area contributed by atoms with Crippen LogP contribution in [0.2, 0.25) is 0 Å². The van der Waals surface area contributed by atoms with E-state index >= 15 is 0 Å². The zero-order valence-electron chi connectivity index (χ0n) is 10.8. The zero-order chi connectivity index (χ0) is 12.2. The Bertz CT molecular complexity index is 238. The number of carbonyl (C=O) groups excluding carboxylic acids is 1. The lowest BCUT2D eigenvalue weighted by Gasteiger charge is -2.27. The van der Waals surface area contributed by atoms with Gasteiger partial charge in [-0.15, -0.1) is 0 Å². The van der Waals surface area contributed by atoms with Crippen molar-refractivity contribution in [2.75, 3.05) is 12.3 Å². The van der Waals surface area contributed by atoms with Gasteiger partial charge in [-0.3, -0.25) is 4.79 Å². The molecule has 2 N–H and O–H groups in total. The maximum absolute atomic E-state index is 11.6. The molecule has 1 fully saturated rings. The minimum Gasteiger partial charge on any atom is -0.355 e. The van der Waals surface area contributed by atoms with Crippen LogP contribution in [0, 0.1) is 0 Å². The van der Waals surface area contributed by atoms with E-state index in [1.807, 2.05) is 11.8 Å². The molecule has 3 nitrogen and oxygen atoms in total. The van der Waals surface area contributed by atoms with Crippen molar-refractivity contribution < 1.29 is 4.79 Å². The maximum atomic E-state index is 11.6. The largest absolute Gasteiger partial charge is 0.355 e. The van der Waals surface area contributed by atoms with Gasteiger partial charge in [-0.05, 0) is 19.8 Å². The first-order valence-corrected chi connectivity index (χ1v) is 7.05. The molecule has 0 aromatic rings. The van der Waals surface area contributed by atoms with E-state index < -0.39 is 0 Å². The SMILES string of the molecule is C[C@H](CSC(C)(C)C)N[C@H]1CCCNC1=O. The molecule has 0 unspecified atom stereocenters. The van der Waals surface area contributed by atoms with Gasteiger partial charge in [-0.2, -0.15) is 11.8 Å². The van der Waals surface area contributed by atoms with E-state index in [4.69, 9.17) is 0 Å². The zero-order valence-corrected chi connectivity index (χ0v) is 11.6. The molecule has 1 aliphatic heterocycles. The van der Waals surface area contributed by atoms with Gasteiger partial charge in [0.15, 0.2) is 0 Å². The van der Waals surface area contributed by atoms with Crippen molar-refractivity contribution in [2.24, 2.45) is 0 Å². The van der Waals surface area contributed by atoms with Crippen LogP contribution in [0.4, 0.5) is 0 Å². The Labute approximate surface area is 103 Å². The Morgan fingerprint density at radius 2 is 2.25 bits per heavy atom. The van der Waals surface area contributed by atoms with E-state index in [2.05, 4.69) is 38.3 Å². The molecule has 1 saturated heterocycles. The highest BCUT2D eigenvalue weighted by molar-refractivity contribution is 8.00. The minimum atomic E-state index is 0.0179. The maximum Gasteiger partial charge on any atom is 0.237 e.